The Labute approximate surface area is 75.1 Å². The number of aryl methyl sites for hydroxylation is 1. The molecule has 1 heterocycles. The smallest absolute Gasteiger partial charge is 0.340 e. The summed E-state index contributed by atoms with van der Waals surface area (Å²) in [5.41, 5.74) is 6.75. The van der Waals surface area contributed by atoms with E-state index in [1.54, 1.807) is 5.38 Å². The fourth-order valence-corrected chi connectivity index (χ4v) is 1.84. The summed E-state index contributed by atoms with van der Waals surface area (Å²) in [6.07, 6.45) is 0.855. The van der Waals surface area contributed by atoms with Gasteiger partial charge in [0.2, 0.25) is 0 Å². The van der Waals surface area contributed by atoms with Crippen molar-refractivity contribution in [2.45, 2.75) is 13.3 Å². The Morgan fingerprint density at radius 1 is 1.75 bits per heavy atom. The molecule has 0 unspecified atom stereocenters. The van der Waals surface area contributed by atoms with Gasteiger partial charge in [0.05, 0.1) is 18.4 Å². The maximum atomic E-state index is 11.1. The van der Waals surface area contributed by atoms with Crippen molar-refractivity contribution in [1.82, 2.24) is 0 Å². The van der Waals surface area contributed by atoms with Crippen molar-refractivity contribution in [2.24, 2.45) is 0 Å². The van der Waals surface area contributed by atoms with Gasteiger partial charge in [0.25, 0.3) is 0 Å². The molecule has 4 heteroatoms. The molecule has 0 bridgehead atoms. The number of carbonyl (C=O) groups is 1. The molecule has 0 atom stereocenters. The lowest BCUT2D eigenvalue weighted by molar-refractivity contribution is 0.0602. The Hall–Kier alpha value is -1.03. The second-order valence-electron chi connectivity index (χ2n) is 2.33. The number of hydrogen-bond donors (Lipinski definition) is 1. The van der Waals surface area contributed by atoms with Crippen molar-refractivity contribution in [3.8, 4) is 0 Å². The van der Waals surface area contributed by atoms with Gasteiger partial charge in [-0.3, -0.25) is 0 Å². The molecule has 2 N–H and O–H groups in total. The third-order valence-corrected chi connectivity index (χ3v) is 2.78. The molecule has 0 aliphatic rings. The Bertz CT molecular complexity index is 293. The Morgan fingerprint density at radius 2 is 2.42 bits per heavy atom. The highest BCUT2D eigenvalue weighted by Crippen LogP contribution is 2.25. The average molecular weight is 185 g/mol. The molecule has 0 radical (unpaired) electrons. The quantitative estimate of drug-likeness (QED) is 0.713. The van der Waals surface area contributed by atoms with Crippen molar-refractivity contribution >= 4 is 23.0 Å². The molecule has 0 spiro atoms. The minimum absolute atomic E-state index is 0.358. The van der Waals surface area contributed by atoms with Crippen molar-refractivity contribution in [3.05, 3.63) is 15.8 Å². The first-order valence-corrected chi connectivity index (χ1v) is 4.52. The second-order valence-corrected chi connectivity index (χ2v) is 3.30. The lowest BCUT2D eigenvalue weighted by atomic mass is 10.2. The Balaban J connectivity index is 3.02. The van der Waals surface area contributed by atoms with Crippen LogP contribution in [0.5, 0.6) is 0 Å². The van der Waals surface area contributed by atoms with Crippen LogP contribution in [0.1, 0.15) is 22.2 Å². The van der Waals surface area contributed by atoms with Crippen molar-refractivity contribution in [2.75, 3.05) is 12.8 Å². The number of carbonyl (C=O) groups excluding carboxylic acids is 1. The van der Waals surface area contributed by atoms with Gasteiger partial charge < -0.3 is 10.5 Å². The van der Waals surface area contributed by atoms with Crippen LogP contribution < -0.4 is 5.73 Å². The van der Waals surface area contributed by atoms with E-state index in [-0.39, 0.29) is 5.97 Å². The Kier molecular flexibility index (Phi) is 2.70. The number of nitrogen functional groups attached to an aromatic ring is 1. The summed E-state index contributed by atoms with van der Waals surface area (Å²) in [6.45, 7) is 2.00. The molecule has 0 aliphatic heterocycles. The molecular formula is C8H11NO2S. The van der Waals surface area contributed by atoms with Gasteiger partial charge in [0.1, 0.15) is 0 Å². The van der Waals surface area contributed by atoms with Gasteiger partial charge in [-0.05, 0) is 6.42 Å². The van der Waals surface area contributed by atoms with E-state index in [1.807, 2.05) is 6.92 Å². The zero-order valence-electron chi connectivity index (χ0n) is 7.09. The molecule has 0 aliphatic carbocycles. The number of methoxy groups -OCH3 is 1. The van der Waals surface area contributed by atoms with Crippen LogP contribution in [0.4, 0.5) is 5.69 Å². The van der Waals surface area contributed by atoms with Crippen LogP contribution in [0, 0.1) is 0 Å². The third-order valence-electron chi connectivity index (χ3n) is 1.64. The number of nitrogens with two attached hydrogens (primary N) is 1. The van der Waals surface area contributed by atoms with Crippen LogP contribution in [0.25, 0.3) is 0 Å². The molecule has 0 fully saturated rings. The third kappa shape index (κ3) is 1.43. The summed E-state index contributed by atoms with van der Waals surface area (Å²) in [4.78, 5) is 12.1. The molecular weight excluding hydrogens is 174 g/mol. The molecule has 12 heavy (non-hydrogen) atoms. The maximum Gasteiger partial charge on any atom is 0.340 e. The molecule has 1 rings (SSSR count). The van der Waals surface area contributed by atoms with Crippen LogP contribution in [0.15, 0.2) is 5.38 Å². The number of anilines is 1. The highest BCUT2D eigenvalue weighted by atomic mass is 32.1. The SMILES string of the molecule is CCc1scc(C(=O)OC)c1N. The molecule has 0 saturated carbocycles. The van der Waals surface area contributed by atoms with Gasteiger partial charge >= 0.3 is 5.97 Å². The van der Waals surface area contributed by atoms with E-state index in [2.05, 4.69) is 4.74 Å². The number of hydrogen-bond acceptors (Lipinski definition) is 4. The first-order valence-electron chi connectivity index (χ1n) is 3.64. The number of thiophene rings is 1. The molecule has 0 aromatic carbocycles. The van der Waals surface area contributed by atoms with Gasteiger partial charge in [0, 0.05) is 10.3 Å². The van der Waals surface area contributed by atoms with Crippen LogP contribution in [-0.4, -0.2) is 13.1 Å². The maximum absolute atomic E-state index is 11.1. The number of rotatable bonds is 2. The van der Waals surface area contributed by atoms with Crippen LogP contribution in [-0.2, 0) is 11.2 Å². The minimum atomic E-state index is -0.358. The van der Waals surface area contributed by atoms with Gasteiger partial charge in [-0.25, -0.2) is 4.79 Å². The lowest BCUT2D eigenvalue weighted by Crippen LogP contribution is -2.03. The summed E-state index contributed by atoms with van der Waals surface area (Å²) in [7, 11) is 1.35. The molecule has 0 amide bonds. The first kappa shape index (κ1) is 9.06. The fourth-order valence-electron chi connectivity index (χ4n) is 0.949. The van der Waals surface area contributed by atoms with E-state index in [0.717, 1.165) is 11.3 Å². The first-order chi connectivity index (χ1) is 5.70. The molecule has 0 saturated heterocycles. The summed E-state index contributed by atoms with van der Waals surface area (Å²) >= 11 is 1.49. The van der Waals surface area contributed by atoms with E-state index in [1.165, 1.54) is 18.4 Å². The molecule has 66 valence electrons. The largest absolute Gasteiger partial charge is 0.465 e. The lowest BCUT2D eigenvalue weighted by Gasteiger charge is -1.97. The second kappa shape index (κ2) is 3.58. The average Bonchev–Trinajstić information content (AvgIpc) is 2.45. The summed E-state index contributed by atoms with van der Waals surface area (Å²) in [5, 5.41) is 1.74. The predicted octanol–water partition coefficient (Wildman–Crippen LogP) is 1.68. The fraction of sp³-hybridized carbons (Fsp3) is 0.375. The van der Waals surface area contributed by atoms with Crippen LogP contribution >= 0.6 is 11.3 Å². The van der Waals surface area contributed by atoms with E-state index in [0.29, 0.717) is 11.3 Å². The standard InChI is InChI=1S/C8H11NO2S/c1-3-6-7(9)5(4-12-6)8(10)11-2/h4H,3,9H2,1-2H3. The molecule has 1 aromatic rings. The van der Waals surface area contributed by atoms with Gasteiger partial charge in [-0.2, -0.15) is 0 Å². The van der Waals surface area contributed by atoms with Crippen LogP contribution in [0.3, 0.4) is 0 Å². The monoisotopic (exact) mass is 185 g/mol. The van der Waals surface area contributed by atoms with E-state index in [4.69, 9.17) is 5.73 Å². The normalized spacial score (nSPS) is 9.83. The minimum Gasteiger partial charge on any atom is -0.465 e. The van der Waals surface area contributed by atoms with Crippen LogP contribution in [0.2, 0.25) is 0 Å². The van der Waals surface area contributed by atoms with E-state index < -0.39 is 0 Å². The number of ether oxygens (including phenoxy) is 1. The van der Waals surface area contributed by atoms with Gasteiger partial charge in [-0.1, -0.05) is 6.92 Å². The summed E-state index contributed by atoms with van der Waals surface area (Å²) < 4.78 is 4.56. The molecule has 3 nitrogen and oxygen atoms in total. The topological polar surface area (TPSA) is 52.3 Å². The summed E-state index contributed by atoms with van der Waals surface area (Å²) in [6, 6.07) is 0. The highest BCUT2D eigenvalue weighted by Gasteiger charge is 2.13. The van der Waals surface area contributed by atoms with E-state index in [9.17, 15) is 4.79 Å². The Morgan fingerprint density at radius 3 is 2.83 bits per heavy atom. The van der Waals surface area contributed by atoms with Gasteiger partial charge in [0.15, 0.2) is 0 Å². The number of esters is 1. The van der Waals surface area contributed by atoms with E-state index >= 15 is 0 Å². The highest BCUT2D eigenvalue weighted by molar-refractivity contribution is 7.10. The van der Waals surface area contributed by atoms with Crippen molar-refractivity contribution in [3.63, 3.8) is 0 Å². The van der Waals surface area contributed by atoms with Crippen molar-refractivity contribution < 1.29 is 9.53 Å². The zero-order chi connectivity index (χ0) is 9.14. The summed E-state index contributed by atoms with van der Waals surface area (Å²) in [5.74, 6) is -0.358. The molecule has 1 aromatic heterocycles. The predicted molar refractivity (Wildman–Crippen MR) is 49.4 cm³/mol. The zero-order valence-corrected chi connectivity index (χ0v) is 7.90. The van der Waals surface area contributed by atoms with Gasteiger partial charge in [-0.15, -0.1) is 11.3 Å². The van der Waals surface area contributed by atoms with Crippen molar-refractivity contribution in [1.29, 1.82) is 0 Å².